The maximum atomic E-state index is 12.6. The molecule has 1 aliphatic carbocycles. The monoisotopic (exact) mass is 462 g/mol. The van der Waals surface area contributed by atoms with E-state index in [0.29, 0.717) is 33.7 Å². The first kappa shape index (κ1) is 22.4. The Morgan fingerprint density at radius 3 is 2.73 bits per heavy atom. The Morgan fingerprint density at radius 2 is 1.97 bits per heavy atom. The van der Waals surface area contributed by atoms with Crippen LogP contribution in [-0.2, 0) is 9.53 Å². The first-order chi connectivity index (χ1) is 16.1. The summed E-state index contributed by atoms with van der Waals surface area (Å²) in [5.74, 6) is 0.0394. The minimum atomic E-state index is -0.586. The zero-order valence-corrected chi connectivity index (χ0v) is 18.9. The number of esters is 1. The summed E-state index contributed by atoms with van der Waals surface area (Å²) in [6, 6.07) is 12.1. The van der Waals surface area contributed by atoms with Crippen molar-refractivity contribution in [3.8, 4) is 17.4 Å². The van der Waals surface area contributed by atoms with Crippen LogP contribution in [0, 0.1) is 11.3 Å². The lowest BCUT2D eigenvalue weighted by atomic mass is 9.90. The van der Waals surface area contributed by atoms with Crippen molar-refractivity contribution in [2.45, 2.75) is 38.0 Å². The van der Waals surface area contributed by atoms with Crippen LogP contribution in [-0.4, -0.2) is 29.2 Å². The molecule has 0 radical (unpaired) electrons. The minimum Gasteiger partial charge on any atom is -0.465 e. The number of ether oxygens (including phenoxy) is 1. The summed E-state index contributed by atoms with van der Waals surface area (Å²) in [6.07, 6.45) is 7.14. The molecule has 33 heavy (non-hydrogen) atoms. The third kappa shape index (κ3) is 5.18. The van der Waals surface area contributed by atoms with Crippen molar-refractivity contribution in [3.05, 3.63) is 58.3 Å². The first-order valence-corrected chi connectivity index (χ1v) is 11.4. The fraction of sp³-hybridized carbons (Fsp3) is 0.292. The SMILES string of the molecule is COC(=O)c1ccccc1-c1ccc(/C=C(/C#N)C(=O)Nc2nnc(C3CCCCC3)s2)o1. The lowest BCUT2D eigenvalue weighted by Crippen LogP contribution is -2.13. The Kier molecular flexibility index (Phi) is 6.95. The van der Waals surface area contributed by atoms with Crippen molar-refractivity contribution < 1.29 is 18.7 Å². The summed E-state index contributed by atoms with van der Waals surface area (Å²) in [4.78, 5) is 24.6. The number of carbonyl (C=O) groups excluding carboxylic acids is 2. The highest BCUT2D eigenvalue weighted by molar-refractivity contribution is 7.15. The van der Waals surface area contributed by atoms with Gasteiger partial charge in [-0.1, -0.05) is 48.8 Å². The van der Waals surface area contributed by atoms with Crippen LogP contribution in [0.4, 0.5) is 5.13 Å². The average molecular weight is 463 g/mol. The van der Waals surface area contributed by atoms with Crippen molar-refractivity contribution in [2.75, 3.05) is 12.4 Å². The number of hydrogen-bond donors (Lipinski definition) is 1. The van der Waals surface area contributed by atoms with Gasteiger partial charge in [-0.25, -0.2) is 4.79 Å². The van der Waals surface area contributed by atoms with Gasteiger partial charge in [-0.05, 0) is 31.0 Å². The van der Waals surface area contributed by atoms with Gasteiger partial charge in [0.1, 0.15) is 28.2 Å². The van der Waals surface area contributed by atoms with Crippen LogP contribution in [0.2, 0.25) is 0 Å². The van der Waals surface area contributed by atoms with E-state index in [2.05, 4.69) is 15.5 Å². The normalized spacial score (nSPS) is 14.5. The number of anilines is 1. The molecule has 0 bridgehead atoms. The van der Waals surface area contributed by atoms with Crippen molar-refractivity contribution >= 4 is 34.4 Å². The molecule has 1 amide bonds. The predicted molar refractivity (Wildman–Crippen MR) is 123 cm³/mol. The van der Waals surface area contributed by atoms with Crippen LogP contribution in [0.25, 0.3) is 17.4 Å². The Balaban J connectivity index is 1.49. The van der Waals surface area contributed by atoms with E-state index in [1.165, 1.54) is 43.8 Å². The van der Waals surface area contributed by atoms with Gasteiger partial charge in [0, 0.05) is 17.6 Å². The minimum absolute atomic E-state index is 0.133. The Hall–Kier alpha value is -3.77. The van der Waals surface area contributed by atoms with Crippen LogP contribution < -0.4 is 5.32 Å². The number of aromatic nitrogens is 2. The number of carbonyl (C=O) groups is 2. The molecular formula is C24H22N4O4S. The van der Waals surface area contributed by atoms with Crippen molar-refractivity contribution in [2.24, 2.45) is 0 Å². The van der Waals surface area contributed by atoms with E-state index in [4.69, 9.17) is 9.15 Å². The molecule has 0 spiro atoms. The number of methoxy groups -OCH3 is 1. The van der Waals surface area contributed by atoms with Gasteiger partial charge in [-0.3, -0.25) is 10.1 Å². The molecule has 9 heteroatoms. The lowest BCUT2D eigenvalue weighted by molar-refractivity contribution is -0.112. The molecule has 0 unspecified atom stereocenters. The maximum absolute atomic E-state index is 12.6. The van der Waals surface area contributed by atoms with E-state index >= 15 is 0 Å². The predicted octanol–water partition coefficient (Wildman–Crippen LogP) is 5.18. The topological polar surface area (TPSA) is 118 Å². The molecule has 1 saturated carbocycles. The second-order valence-corrected chi connectivity index (χ2v) is 8.65. The molecular weight excluding hydrogens is 440 g/mol. The lowest BCUT2D eigenvalue weighted by Gasteiger charge is -2.18. The summed E-state index contributed by atoms with van der Waals surface area (Å²) < 4.78 is 10.6. The standard InChI is InChI=1S/C24H22N4O4S/c1-31-23(30)19-10-6-5-9-18(19)20-12-11-17(32-20)13-16(14-25)21(29)26-24-28-27-22(33-24)15-7-3-2-4-8-15/h5-6,9-13,15H,2-4,7-8H2,1H3,(H,26,28,29)/b16-13-. The van der Waals surface area contributed by atoms with Crippen LogP contribution in [0.3, 0.4) is 0 Å². The molecule has 0 saturated heterocycles. The summed E-state index contributed by atoms with van der Waals surface area (Å²) in [5.41, 5.74) is 0.774. The van der Waals surface area contributed by atoms with Gasteiger partial charge in [-0.15, -0.1) is 10.2 Å². The van der Waals surface area contributed by atoms with Crippen LogP contribution in [0.5, 0.6) is 0 Å². The number of furan rings is 1. The molecule has 3 aromatic rings. The molecule has 1 aromatic carbocycles. The van der Waals surface area contributed by atoms with Gasteiger partial charge in [0.2, 0.25) is 5.13 Å². The molecule has 168 valence electrons. The summed E-state index contributed by atoms with van der Waals surface area (Å²) >= 11 is 1.35. The first-order valence-electron chi connectivity index (χ1n) is 10.6. The second-order valence-electron chi connectivity index (χ2n) is 7.64. The third-order valence-corrected chi connectivity index (χ3v) is 6.49. The smallest absolute Gasteiger partial charge is 0.338 e. The largest absolute Gasteiger partial charge is 0.465 e. The average Bonchev–Trinajstić information content (AvgIpc) is 3.52. The number of rotatable bonds is 6. The zero-order chi connectivity index (χ0) is 23.2. The van der Waals surface area contributed by atoms with E-state index < -0.39 is 11.9 Å². The third-order valence-electron chi connectivity index (χ3n) is 5.49. The van der Waals surface area contributed by atoms with E-state index in [0.717, 1.165) is 17.8 Å². The molecule has 1 fully saturated rings. The van der Waals surface area contributed by atoms with Crippen molar-refractivity contribution in [1.82, 2.24) is 10.2 Å². The maximum Gasteiger partial charge on any atom is 0.338 e. The second kappa shape index (κ2) is 10.2. The van der Waals surface area contributed by atoms with Gasteiger partial charge in [0.25, 0.3) is 5.91 Å². The van der Waals surface area contributed by atoms with Crippen LogP contribution >= 0.6 is 11.3 Å². The Bertz CT molecular complexity index is 1230. The van der Waals surface area contributed by atoms with E-state index in [-0.39, 0.29) is 5.57 Å². The Labute approximate surface area is 194 Å². The Morgan fingerprint density at radius 1 is 1.18 bits per heavy atom. The van der Waals surface area contributed by atoms with Gasteiger partial charge in [0.05, 0.1) is 12.7 Å². The molecule has 4 rings (SSSR count). The fourth-order valence-electron chi connectivity index (χ4n) is 3.82. The highest BCUT2D eigenvalue weighted by Gasteiger charge is 2.21. The van der Waals surface area contributed by atoms with Gasteiger partial charge >= 0.3 is 5.97 Å². The molecule has 1 N–H and O–H groups in total. The fourth-order valence-corrected chi connectivity index (χ4v) is 4.72. The van der Waals surface area contributed by atoms with Crippen LogP contribution in [0.15, 0.2) is 46.4 Å². The van der Waals surface area contributed by atoms with Crippen molar-refractivity contribution in [1.29, 1.82) is 5.26 Å². The highest BCUT2D eigenvalue weighted by Crippen LogP contribution is 2.35. The summed E-state index contributed by atoms with van der Waals surface area (Å²) in [6.45, 7) is 0. The van der Waals surface area contributed by atoms with Crippen molar-refractivity contribution in [3.63, 3.8) is 0 Å². The van der Waals surface area contributed by atoms with E-state index in [1.54, 1.807) is 36.4 Å². The molecule has 0 atom stereocenters. The number of benzene rings is 1. The molecule has 2 heterocycles. The summed E-state index contributed by atoms with van der Waals surface area (Å²) in [5, 5.41) is 21.7. The number of nitrogens with one attached hydrogen (secondary N) is 1. The van der Waals surface area contributed by atoms with Gasteiger partial charge in [-0.2, -0.15) is 5.26 Å². The zero-order valence-electron chi connectivity index (χ0n) is 18.0. The number of amides is 1. The number of nitriles is 1. The molecule has 1 aliphatic rings. The van der Waals surface area contributed by atoms with Crippen LogP contribution in [0.1, 0.15) is 59.1 Å². The molecule has 0 aliphatic heterocycles. The molecule has 8 nitrogen and oxygen atoms in total. The van der Waals surface area contributed by atoms with Gasteiger partial charge in [0.15, 0.2) is 0 Å². The quantitative estimate of drug-likeness (QED) is 0.305. The number of nitrogens with zero attached hydrogens (tertiary/aromatic N) is 3. The summed E-state index contributed by atoms with van der Waals surface area (Å²) in [7, 11) is 1.31. The van der Waals surface area contributed by atoms with E-state index in [9.17, 15) is 14.9 Å². The van der Waals surface area contributed by atoms with Gasteiger partial charge < -0.3 is 9.15 Å². The van der Waals surface area contributed by atoms with E-state index in [1.807, 2.05) is 6.07 Å². The highest BCUT2D eigenvalue weighted by atomic mass is 32.1. The number of hydrogen-bond acceptors (Lipinski definition) is 8. The molecule has 2 aromatic heterocycles.